The van der Waals surface area contributed by atoms with Crippen LogP contribution in [0, 0.1) is 11.3 Å². The molecule has 1 heterocycles. The molecule has 0 aliphatic rings. The zero-order chi connectivity index (χ0) is 9.68. The summed E-state index contributed by atoms with van der Waals surface area (Å²) in [4.78, 5) is 0. The Hall–Kier alpha value is -1.70. The fourth-order valence-corrected chi connectivity index (χ4v) is 0.980. The minimum atomic E-state index is 0.321. The van der Waals surface area contributed by atoms with Gasteiger partial charge in [0.25, 0.3) is 0 Å². The Bertz CT molecular complexity index is 309. The molecule has 1 aromatic heterocycles. The number of aromatic amines is 1. The lowest BCUT2D eigenvalue weighted by atomic mass is 10.3. The highest BCUT2D eigenvalue weighted by Gasteiger charge is 2.08. The van der Waals surface area contributed by atoms with Gasteiger partial charge in [0, 0.05) is 6.54 Å². The standard InChI is InChI=1S/C8H13N5/c1-2-3-4-11-8-6(5-9)7(10)12-13-8/h2-4H2,1H3,(H4,10,11,12,13). The molecule has 0 bridgehead atoms. The Morgan fingerprint density at radius 1 is 1.69 bits per heavy atom. The van der Waals surface area contributed by atoms with Crippen LogP contribution in [0.3, 0.4) is 0 Å². The second-order valence-corrected chi connectivity index (χ2v) is 2.75. The zero-order valence-corrected chi connectivity index (χ0v) is 7.59. The SMILES string of the molecule is CCCCNc1n[nH]c(N)c1C#N. The van der Waals surface area contributed by atoms with Crippen molar-refractivity contribution in [3.63, 3.8) is 0 Å². The zero-order valence-electron chi connectivity index (χ0n) is 7.59. The summed E-state index contributed by atoms with van der Waals surface area (Å²) in [5.74, 6) is 0.870. The third-order valence-electron chi connectivity index (χ3n) is 1.73. The summed E-state index contributed by atoms with van der Waals surface area (Å²) in [7, 11) is 0. The van der Waals surface area contributed by atoms with Gasteiger partial charge in [-0.05, 0) is 6.42 Å². The highest BCUT2D eigenvalue weighted by atomic mass is 15.2. The molecule has 0 radical (unpaired) electrons. The van der Waals surface area contributed by atoms with E-state index < -0.39 is 0 Å². The van der Waals surface area contributed by atoms with E-state index in [1.807, 2.05) is 6.07 Å². The number of hydrogen-bond donors (Lipinski definition) is 3. The van der Waals surface area contributed by atoms with Gasteiger partial charge < -0.3 is 11.1 Å². The topological polar surface area (TPSA) is 90.5 Å². The van der Waals surface area contributed by atoms with E-state index >= 15 is 0 Å². The molecule has 0 aliphatic heterocycles. The molecular formula is C8H13N5. The molecule has 0 amide bonds. The summed E-state index contributed by atoms with van der Waals surface area (Å²) in [6.45, 7) is 2.92. The van der Waals surface area contributed by atoms with Crippen LogP contribution in [0.5, 0.6) is 0 Å². The van der Waals surface area contributed by atoms with E-state index in [1.165, 1.54) is 0 Å². The number of nitrogens with two attached hydrogens (primary N) is 1. The number of anilines is 2. The fourth-order valence-electron chi connectivity index (χ4n) is 0.980. The van der Waals surface area contributed by atoms with Crippen molar-refractivity contribution < 1.29 is 0 Å². The third-order valence-corrected chi connectivity index (χ3v) is 1.73. The van der Waals surface area contributed by atoms with Crippen LogP contribution in [0.4, 0.5) is 11.6 Å². The highest BCUT2D eigenvalue weighted by molar-refractivity contribution is 5.62. The van der Waals surface area contributed by atoms with Crippen molar-refractivity contribution in [2.24, 2.45) is 0 Å². The van der Waals surface area contributed by atoms with Gasteiger partial charge in [0.1, 0.15) is 17.5 Å². The van der Waals surface area contributed by atoms with Crippen molar-refractivity contribution in [2.75, 3.05) is 17.6 Å². The molecule has 0 aliphatic carbocycles. The van der Waals surface area contributed by atoms with E-state index in [0.717, 1.165) is 19.4 Å². The maximum Gasteiger partial charge on any atom is 0.168 e. The summed E-state index contributed by atoms with van der Waals surface area (Å²) in [5.41, 5.74) is 5.87. The van der Waals surface area contributed by atoms with Crippen molar-refractivity contribution in [3.05, 3.63) is 5.56 Å². The molecule has 13 heavy (non-hydrogen) atoms. The van der Waals surface area contributed by atoms with Crippen LogP contribution in [-0.4, -0.2) is 16.7 Å². The van der Waals surface area contributed by atoms with E-state index in [-0.39, 0.29) is 0 Å². The minimum Gasteiger partial charge on any atom is -0.383 e. The summed E-state index contributed by atoms with van der Waals surface area (Å²) >= 11 is 0. The van der Waals surface area contributed by atoms with Crippen LogP contribution in [0.2, 0.25) is 0 Å². The quantitative estimate of drug-likeness (QED) is 0.603. The molecule has 4 N–H and O–H groups in total. The average molecular weight is 179 g/mol. The molecule has 0 fully saturated rings. The lowest BCUT2D eigenvalue weighted by molar-refractivity contribution is 0.829. The fraction of sp³-hybridized carbons (Fsp3) is 0.500. The number of H-pyrrole nitrogens is 1. The highest BCUT2D eigenvalue weighted by Crippen LogP contribution is 2.16. The van der Waals surface area contributed by atoms with Crippen molar-refractivity contribution in [3.8, 4) is 6.07 Å². The van der Waals surface area contributed by atoms with E-state index in [0.29, 0.717) is 17.2 Å². The molecule has 0 atom stereocenters. The number of rotatable bonds is 4. The molecule has 1 rings (SSSR count). The number of nitrogens with zero attached hydrogens (tertiary/aromatic N) is 2. The van der Waals surface area contributed by atoms with E-state index in [4.69, 9.17) is 11.0 Å². The summed E-state index contributed by atoms with van der Waals surface area (Å²) < 4.78 is 0. The van der Waals surface area contributed by atoms with Crippen molar-refractivity contribution >= 4 is 11.6 Å². The van der Waals surface area contributed by atoms with Gasteiger partial charge in [-0.15, -0.1) is 0 Å². The molecule has 1 aromatic rings. The van der Waals surface area contributed by atoms with E-state index in [2.05, 4.69) is 22.4 Å². The third kappa shape index (κ3) is 2.12. The monoisotopic (exact) mass is 179 g/mol. The maximum absolute atomic E-state index is 8.71. The van der Waals surface area contributed by atoms with Crippen LogP contribution in [-0.2, 0) is 0 Å². The summed E-state index contributed by atoms with van der Waals surface area (Å²) in [5, 5.41) is 18.2. The number of aromatic nitrogens is 2. The first-order chi connectivity index (χ1) is 6.29. The van der Waals surface area contributed by atoms with Crippen molar-refractivity contribution in [1.82, 2.24) is 10.2 Å². The summed E-state index contributed by atoms with van der Waals surface area (Å²) in [6.07, 6.45) is 2.16. The van der Waals surface area contributed by atoms with Gasteiger partial charge in [0.2, 0.25) is 0 Å². The number of hydrogen-bond acceptors (Lipinski definition) is 4. The van der Waals surface area contributed by atoms with Gasteiger partial charge in [-0.25, -0.2) is 0 Å². The number of unbranched alkanes of at least 4 members (excludes halogenated alkanes) is 1. The van der Waals surface area contributed by atoms with E-state index in [1.54, 1.807) is 0 Å². The van der Waals surface area contributed by atoms with Crippen molar-refractivity contribution in [1.29, 1.82) is 5.26 Å². The Kier molecular flexibility index (Phi) is 3.15. The average Bonchev–Trinajstić information content (AvgIpc) is 2.47. The Morgan fingerprint density at radius 3 is 3.08 bits per heavy atom. The van der Waals surface area contributed by atoms with Gasteiger partial charge in [0.15, 0.2) is 5.82 Å². The van der Waals surface area contributed by atoms with Crippen LogP contribution in [0.25, 0.3) is 0 Å². The maximum atomic E-state index is 8.71. The molecule has 0 aromatic carbocycles. The predicted molar refractivity (Wildman–Crippen MR) is 51.1 cm³/mol. The van der Waals surface area contributed by atoms with Crippen LogP contribution < -0.4 is 11.1 Å². The second-order valence-electron chi connectivity index (χ2n) is 2.75. The van der Waals surface area contributed by atoms with Crippen molar-refractivity contribution in [2.45, 2.75) is 19.8 Å². The molecular weight excluding hydrogens is 166 g/mol. The summed E-state index contributed by atoms with van der Waals surface area (Å²) in [6, 6.07) is 1.99. The van der Waals surface area contributed by atoms with Crippen LogP contribution in [0.1, 0.15) is 25.3 Å². The van der Waals surface area contributed by atoms with Gasteiger partial charge >= 0.3 is 0 Å². The first-order valence-corrected chi connectivity index (χ1v) is 4.27. The minimum absolute atomic E-state index is 0.321. The smallest absolute Gasteiger partial charge is 0.168 e. The normalized spacial score (nSPS) is 9.54. The Balaban J connectivity index is 2.62. The van der Waals surface area contributed by atoms with Gasteiger partial charge in [0.05, 0.1) is 0 Å². The molecule has 0 saturated carbocycles. The molecule has 5 heteroatoms. The van der Waals surface area contributed by atoms with Gasteiger partial charge in [-0.2, -0.15) is 10.4 Å². The number of nitrogen functional groups attached to an aromatic ring is 1. The largest absolute Gasteiger partial charge is 0.383 e. The lowest BCUT2D eigenvalue weighted by Gasteiger charge is -2.00. The van der Waals surface area contributed by atoms with Crippen LogP contribution in [0.15, 0.2) is 0 Å². The molecule has 0 saturated heterocycles. The van der Waals surface area contributed by atoms with Gasteiger partial charge in [-0.3, -0.25) is 5.10 Å². The molecule has 5 nitrogen and oxygen atoms in total. The van der Waals surface area contributed by atoms with E-state index in [9.17, 15) is 0 Å². The van der Waals surface area contributed by atoms with Gasteiger partial charge in [-0.1, -0.05) is 13.3 Å². The molecule has 70 valence electrons. The first-order valence-electron chi connectivity index (χ1n) is 4.27. The van der Waals surface area contributed by atoms with Crippen LogP contribution >= 0.6 is 0 Å². The first kappa shape index (κ1) is 9.39. The predicted octanol–water partition coefficient (Wildman–Crippen LogP) is 1.08. The Morgan fingerprint density at radius 2 is 2.46 bits per heavy atom. The second kappa shape index (κ2) is 4.36. The molecule has 0 spiro atoms. The number of nitrogens with one attached hydrogen (secondary N) is 2. The molecule has 0 unspecified atom stereocenters. The number of nitriles is 1. The lowest BCUT2D eigenvalue weighted by Crippen LogP contribution is -2.02. The Labute approximate surface area is 76.9 Å².